The van der Waals surface area contributed by atoms with E-state index < -0.39 is 10.0 Å². The van der Waals surface area contributed by atoms with Crippen LogP contribution in [0.3, 0.4) is 0 Å². The Balaban J connectivity index is 4.19. The lowest BCUT2D eigenvalue weighted by Crippen LogP contribution is -2.34. The molecule has 0 heterocycles. The van der Waals surface area contributed by atoms with Gasteiger partial charge in [-0.3, -0.25) is 0 Å². The molecule has 5 nitrogen and oxygen atoms in total. The number of nitriles is 2. The van der Waals surface area contributed by atoms with Gasteiger partial charge in [0.05, 0.1) is 17.9 Å². The van der Waals surface area contributed by atoms with Crippen molar-refractivity contribution in [3.05, 3.63) is 0 Å². The molecule has 0 aliphatic carbocycles. The molecule has 0 atom stereocenters. The van der Waals surface area contributed by atoms with Crippen molar-refractivity contribution in [3.63, 3.8) is 0 Å². The summed E-state index contributed by atoms with van der Waals surface area (Å²) in [6, 6.07) is 4.10. The molecule has 0 N–H and O–H groups in total. The van der Waals surface area contributed by atoms with Crippen LogP contribution in [0, 0.1) is 22.7 Å². The Hall–Kier alpha value is -1.11. The molecule has 0 radical (unpaired) electrons. The smallest absolute Gasteiger partial charge is 0.212 e. The summed E-state index contributed by atoms with van der Waals surface area (Å²) >= 11 is 0. The summed E-state index contributed by atoms with van der Waals surface area (Å²) in [6.07, 6.45) is 3.81. The Morgan fingerprint density at radius 1 is 0.944 bits per heavy atom. The van der Waals surface area contributed by atoms with Gasteiger partial charge >= 0.3 is 0 Å². The molecular formula is C12H21N3O2S. The van der Waals surface area contributed by atoms with Gasteiger partial charge in [0.25, 0.3) is 0 Å². The largest absolute Gasteiger partial charge is 0.213 e. The summed E-state index contributed by atoms with van der Waals surface area (Å²) in [5, 5.41) is 16.9. The van der Waals surface area contributed by atoms with Crippen molar-refractivity contribution in [2.75, 3.05) is 18.8 Å². The lowest BCUT2D eigenvalue weighted by atomic mass is 10.2. The predicted octanol–water partition coefficient (Wildman–Crippen LogP) is 2.03. The number of hydrogen-bond acceptors (Lipinski definition) is 4. The molecule has 0 saturated carbocycles. The molecule has 0 aliphatic rings. The Kier molecular flexibility index (Phi) is 9.26. The first kappa shape index (κ1) is 16.9. The zero-order valence-electron chi connectivity index (χ0n) is 10.9. The van der Waals surface area contributed by atoms with Gasteiger partial charge in [-0.1, -0.05) is 0 Å². The highest BCUT2D eigenvalue weighted by atomic mass is 32.2. The molecule has 0 unspecified atom stereocenters. The highest BCUT2D eigenvalue weighted by Gasteiger charge is 2.18. The summed E-state index contributed by atoms with van der Waals surface area (Å²) in [6.45, 7) is 2.59. The molecule has 0 bridgehead atoms. The van der Waals surface area contributed by atoms with Crippen molar-refractivity contribution in [3.8, 4) is 12.1 Å². The Labute approximate surface area is 110 Å². The lowest BCUT2D eigenvalue weighted by Gasteiger charge is -2.21. The molecule has 0 amide bonds. The van der Waals surface area contributed by atoms with Gasteiger partial charge in [-0.25, -0.2) is 12.7 Å². The minimum Gasteiger partial charge on any atom is -0.212 e. The van der Waals surface area contributed by atoms with E-state index in [9.17, 15) is 8.42 Å². The summed E-state index contributed by atoms with van der Waals surface area (Å²) in [5.74, 6) is 0.101. The second-order valence-electron chi connectivity index (χ2n) is 4.03. The summed E-state index contributed by atoms with van der Waals surface area (Å²) in [5.41, 5.74) is 0. The standard InChI is InChI=1S/C12H21N3O2S/c1-2-18(16,17)15(11-7-3-5-9-13)12-8-4-6-10-14/h2-8,11-12H2,1H3. The lowest BCUT2D eigenvalue weighted by molar-refractivity contribution is 0.392. The Bertz CT molecular complexity index is 371. The molecule has 0 aliphatic heterocycles. The van der Waals surface area contributed by atoms with E-state index in [2.05, 4.69) is 12.1 Å². The second kappa shape index (κ2) is 9.87. The number of hydrogen-bond donors (Lipinski definition) is 0. The molecule has 18 heavy (non-hydrogen) atoms. The van der Waals surface area contributed by atoms with E-state index in [0.717, 1.165) is 12.8 Å². The number of unbranched alkanes of at least 4 members (excludes halogenated alkanes) is 4. The van der Waals surface area contributed by atoms with E-state index in [1.807, 2.05) is 0 Å². The summed E-state index contributed by atoms with van der Waals surface area (Å²) < 4.78 is 25.1. The number of rotatable bonds is 10. The molecule has 102 valence electrons. The van der Waals surface area contributed by atoms with Gasteiger partial charge in [0.1, 0.15) is 0 Å². The zero-order chi connectivity index (χ0) is 13.9. The monoisotopic (exact) mass is 271 g/mol. The molecule has 0 aromatic heterocycles. The molecule has 0 aromatic carbocycles. The zero-order valence-corrected chi connectivity index (χ0v) is 11.7. The van der Waals surface area contributed by atoms with Crippen LogP contribution in [0.1, 0.15) is 45.4 Å². The maximum atomic E-state index is 11.8. The van der Waals surface area contributed by atoms with E-state index in [-0.39, 0.29) is 5.75 Å². The molecule has 0 aromatic rings. The van der Waals surface area contributed by atoms with Gasteiger partial charge in [0.2, 0.25) is 10.0 Å². The maximum Gasteiger partial charge on any atom is 0.213 e. The third kappa shape index (κ3) is 7.26. The van der Waals surface area contributed by atoms with Crippen LogP contribution in [-0.2, 0) is 10.0 Å². The van der Waals surface area contributed by atoms with Gasteiger partial charge in [-0.15, -0.1) is 0 Å². The number of nitrogens with zero attached hydrogens (tertiary/aromatic N) is 3. The van der Waals surface area contributed by atoms with E-state index in [4.69, 9.17) is 10.5 Å². The Morgan fingerprint density at radius 2 is 1.39 bits per heavy atom. The fourth-order valence-electron chi connectivity index (χ4n) is 1.56. The normalized spacial score (nSPS) is 11.1. The van der Waals surface area contributed by atoms with Crippen LogP contribution in [0.4, 0.5) is 0 Å². The van der Waals surface area contributed by atoms with Crippen LogP contribution in [-0.4, -0.2) is 31.6 Å². The second-order valence-corrected chi connectivity index (χ2v) is 6.29. The average molecular weight is 271 g/mol. The average Bonchev–Trinajstić information content (AvgIpc) is 2.36. The van der Waals surface area contributed by atoms with Gasteiger partial charge in [-0.2, -0.15) is 10.5 Å². The first-order valence-corrected chi connectivity index (χ1v) is 7.91. The van der Waals surface area contributed by atoms with Crippen molar-refractivity contribution in [1.29, 1.82) is 10.5 Å². The van der Waals surface area contributed by atoms with Crippen LogP contribution < -0.4 is 0 Å². The minimum atomic E-state index is -3.17. The van der Waals surface area contributed by atoms with Crippen molar-refractivity contribution in [2.24, 2.45) is 0 Å². The van der Waals surface area contributed by atoms with Crippen molar-refractivity contribution in [2.45, 2.75) is 45.4 Å². The van der Waals surface area contributed by atoms with Gasteiger partial charge in [0, 0.05) is 25.9 Å². The highest BCUT2D eigenvalue weighted by Crippen LogP contribution is 2.08. The first-order valence-electron chi connectivity index (χ1n) is 6.30. The number of sulfonamides is 1. The van der Waals surface area contributed by atoms with Gasteiger partial charge in [0.15, 0.2) is 0 Å². The van der Waals surface area contributed by atoms with Crippen molar-refractivity contribution < 1.29 is 8.42 Å². The maximum absolute atomic E-state index is 11.8. The van der Waals surface area contributed by atoms with Gasteiger partial charge in [-0.05, 0) is 32.6 Å². The third-order valence-corrected chi connectivity index (χ3v) is 4.53. The van der Waals surface area contributed by atoms with E-state index in [0.29, 0.717) is 38.8 Å². The van der Waals surface area contributed by atoms with Crippen LogP contribution in [0.5, 0.6) is 0 Å². The molecule has 0 saturated heterocycles. The van der Waals surface area contributed by atoms with Crippen LogP contribution in [0.15, 0.2) is 0 Å². The molecule has 0 fully saturated rings. The topological polar surface area (TPSA) is 85.0 Å². The van der Waals surface area contributed by atoms with Gasteiger partial charge < -0.3 is 0 Å². The van der Waals surface area contributed by atoms with Crippen molar-refractivity contribution in [1.82, 2.24) is 4.31 Å². The molecular weight excluding hydrogens is 250 g/mol. The van der Waals surface area contributed by atoms with Crippen molar-refractivity contribution >= 4 is 10.0 Å². The van der Waals surface area contributed by atoms with Crippen LogP contribution in [0.25, 0.3) is 0 Å². The summed E-state index contributed by atoms with van der Waals surface area (Å²) in [7, 11) is -3.17. The molecule has 0 rings (SSSR count). The third-order valence-electron chi connectivity index (χ3n) is 2.65. The predicted molar refractivity (Wildman–Crippen MR) is 70.0 cm³/mol. The highest BCUT2D eigenvalue weighted by molar-refractivity contribution is 7.89. The van der Waals surface area contributed by atoms with E-state index in [1.165, 1.54) is 4.31 Å². The van der Waals surface area contributed by atoms with E-state index >= 15 is 0 Å². The first-order chi connectivity index (χ1) is 8.58. The quantitative estimate of drug-likeness (QED) is 0.569. The summed E-state index contributed by atoms with van der Waals surface area (Å²) in [4.78, 5) is 0. The SMILES string of the molecule is CCS(=O)(=O)N(CCCCC#N)CCCCC#N. The minimum absolute atomic E-state index is 0.101. The van der Waals surface area contributed by atoms with Crippen LogP contribution in [0.2, 0.25) is 0 Å². The fraction of sp³-hybridized carbons (Fsp3) is 0.833. The van der Waals surface area contributed by atoms with E-state index in [1.54, 1.807) is 6.92 Å². The Morgan fingerprint density at radius 3 is 1.72 bits per heavy atom. The molecule has 0 spiro atoms. The fourth-order valence-corrected chi connectivity index (χ4v) is 2.74. The molecule has 6 heteroatoms. The van der Waals surface area contributed by atoms with Crippen LogP contribution >= 0.6 is 0 Å².